The molecule has 1 heterocycles. The van der Waals surface area contributed by atoms with Crippen molar-refractivity contribution in [1.29, 1.82) is 0 Å². The number of aliphatic carboxylic acids is 1. The first-order chi connectivity index (χ1) is 10.5. The third kappa shape index (κ3) is 3.72. The van der Waals surface area contributed by atoms with Crippen LogP contribution in [-0.2, 0) is 9.53 Å². The van der Waals surface area contributed by atoms with Gasteiger partial charge in [-0.25, -0.2) is 4.79 Å². The summed E-state index contributed by atoms with van der Waals surface area (Å²) in [5.41, 5.74) is 0. The number of hydrogen-bond acceptors (Lipinski definition) is 3. The molecule has 2 atom stereocenters. The van der Waals surface area contributed by atoms with Crippen molar-refractivity contribution >= 4 is 12.0 Å². The summed E-state index contributed by atoms with van der Waals surface area (Å²) < 4.78 is 5.93. The summed E-state index contributed by atoms with van der Waals surface area (Å²) >= 11 is 0. The van der Waals surface area contributed by atoms with Gasteiger partial charge in [-0.2, -0.15) is 0 Å². The molecule has 124 valence electrons. The maximum atomic E-state index is 12.5. The molecule has 2 amide bonds. The van der Waals surface area contributed by atoms with E-state index < -0.39 is 5.97 Å². The summed E-state index contributed by atoms with van der Waals surface area (Å²) in [7, 11) is 0. The minimum atomic E-state index is -0.709. The number of carbonyl (C=O) groups is 2. The number of hydrogen-bond donors (Lipinski definition) is 2. The van der Waals surface area contributed by atoms with Crippen LogP contribution < -0.4 is 5.32 Å². The molecule has 0 aromatic rings. The van der Waals surface area contributed by atoms with E-state index in [1.165, 1.54) is 12.8 Å². The molecule has 0 aromatic carbocycles. The van der Waals surface area contributed by atoms with E-state index in [0.29, 0.717) is 31.8 Å². The number of nitrogens with zero attached hydrogens (tertiary/aromatic N) is 1. The highest BCUT2D eigenvalue weighted by Crippen LogP contribution is 2.36. The lowest BCUT2D eigenvalue weighted by molar-refractivity contribution is -0.142. The Kier molecular flexibility index (Phi) is 4.57. The lowest BCUT2D eigenvalue weighted by Gasteiger charge is -2.38. The van der Waals surface area contributed by atoms with Gasteiger partial charge in [0.1, 0.15) is 0 Å². The molecule has 1 saturated heterocycles. The zero-order valence-corrected chi connectivity index (χ0v) is 13.2. The predicted molar refractivity (Wildman–Crippen MR) is 80.5 cm³/mol. The fourth-order valence-corrected chi connectivity index (χ4v) is 3.63. The number of carboxylic acids is 1. The zero-order valence-electron chi connectivity index (χ0n) is 13.2. The summed E-state index contributed by atoms with van der Waals surface area (Å²) in [5.74, 6) is -0.320. The summed E-state index contributed by atoms with van der Waals surface area (Å²) in [5, 5.41) is 12.1. The van der Waals surface area contributed by atoms with Crippen LogP contribution in [0.25, 0.3) is 0 Å². The van der Waals surface area contributed by atoms with Crippen LogP contribution in [0.1, 0.15) is 45.4 Å². The van der Waals surface area contributed by atoms with E-state index in [1.54, 1.807) is 0 Å². The summed E-state index contributed by atoms with van der Waals surface area (Å²) in [6.07, 6.45) is 5.54. The monoisotopic (exact) mass is 310 g/mol. The zero-order chi connectivity index (χ0) is 15.7. The molecule has 3 rings (SSSR count). The van der Waals surface area contributed by atoms with Gasteiger partial charge in [0.2, 0.25) is 0 Å². The van der Waals surface area contributed by atoms with Gasteiger partial charge in [-0.3, -0.25) is 4.79 Å². The highest BCUT2D eigenvalue weighted by atomic mass is 16.5. The van der Waals surface area contributed by atoms with Crippen molar-refractivity contribution in [3.63, 3.8) is 0 Å². The van der Waals surface area contributed by atoms with Crippen LogP contribution >= 0.6 is 0 Å². The minimum Gasteiger partial charge on any atom is -0.481 e. The number of rotatable bonds is 3. The lowest BCUT2D eigenvalue weighted by atomic mass is 9.86. The van der Waals surface area contributed by atoms with Crippen LogP contribution in [-0.4, -0.2) is 53.3 Å². The molecule has 0 bridgehead atoms. The largest absolute Gasteiger partial charge is 0.481 e. The Morgan fingerprint density at radius 3 is 2.36 bits per heavy atom. The quantitative estimate of drug-likeness (QED) is 0.833. The van der Waals surface area contributed by atoms with Gasteiger partial charge >= 0.3 is 12.0 Å². The second-order valence-electron chi connectivity index (χ2n) is 7.06. The maximum absolute atomic E-state index is 12.5. The van der Waals surface area contributed by atoms with Gasteiger partial charge in [0, 0.05) is 19.1 Å². The highest BCUT2D eigenvalue weighted by Gasteiger charge is 2.39. The van der Waals surface area contributed by atoms with Gasteiger partial charge in [-0.1, -0.05) is 0 Å². The SMILES string of the molecule is CC1CN(C(=O)NC2CCC(C(=O)O)CC2)CC(C2CC2)O1. The van der Waals surface area contributed by atoms with E-state index in [-0.39, 0.29) is 30.2 Å². The van der Waals surface area contributed by atoms with Crippen molar-refractivity contribution < 1.29 is 19.4 Å². The minimum absolute atomic E-state index is 0.0143. The van der Waals surface area contributed by atoms with Crippen LogP contribution in [0.4, 0.5) is 4.79 Å². The fraction of sp³-hybridized carbons (Fsp3) is 0.875. The molecule has 0 radical (unpaired) electrons. The number of urea groups is 1. The number of morpholine rings is 1. The number of amides is 2. The molecule has 0 aromatic heterocycles. The molecular weight excluding hydrogens is 284 g/mol. The van der Waals surface area contributed by atoms with E-state index in [0.717, 1.165) is 12.8 Å². The molecule has 3 aliphatic rings. The molecule has 2 unspecified atom stereocenters. The molecule has 3 fully saturated rings. The summed E-state index contributed by atoms with van der Waals surface area (Å²) in [4.78, 5) is 25.3. The Morgan fingerprint density at radius 1 is 1.09 bits per heavy atom. The Bertz CT molecular complexity index is 430. The molecule has 2 saturated carbocycles. The summed E-state index contributed by atoms with van der Waals surface area (Å²) in [6.45, 7) is 3.34. The second-order valence-corrected chi connectivity index (χ2v) is 7.06. The van der Waals surface area contributed by atoms with Crippen molar-refractivity contribution in [3.05, 3.63) is 0 Å². The lowest BCUT2D eigenvalue weighted by Crippen LogP contribution is -2.55. The average Bonchev–Trinajstić information content (AvgIpc) is 3.31. The first-order valence-corrected chi connectivity index (χ1v) is 8.46. The highest BCUT2D eigenvalue weighted by molar-refractivity contribution is 5.75. The summed E-state index contributed by atoms with van der Waals surface area (Å²) in [6, 6.07) is 0.0974. The van der Waals surface area contributed by atoms with Gasteiger partial charge in [0.05, 0.1) is 18.1 Å². The van der Waals surface area contributed by atoms with Crippen molar-refractivity contribution in [2.45, 2.75) is 63.7 Å². The van der Waals surface area contributed by atoms with Gasteiger partial charge in [-0.05, 0) is 51.4 Å². The first kappa shape index (κ1) is 15.6. The maximum Gasteiger partial charge on any atom is 0.317 e. The van der Waals surface area contributed by atoms with E-state index in [4.69, 9.17) is 9.84 Å². The molecule has 0 spiro atoms. The molecule has 1 aliphatic heterocycles. The van der Waals surface area contributed by atoms with Gasteiger partial charge in [0.15, 0.2) is 0 Å². The second kappa shape index (κ2) is 6.44. The Labute approximate surface area is 131 Å². The fourth-order valence-electron chi connectivity index (χ4n) is 3.63. The Balaban J connectivity index is 1.48. The smallest absolute Gasteiger partial charge is 0.317 e. The number of carbonyl (C=O) groups excluding carboxylic acids is 1. The van der Waals surface area contributed by atoms with Crippen molar-refractivity contribution in [1.82, 2.24) is 10.2 Å². The van der Waals surface area contributed by atoms with Crippen LogP contribution in [0.15, 0.2) is 0 Å². The van der Waals surface area contributed by atoms with Crippen LogP contribution in [0.3, 0.4) is 0 Å². The molecule has 2 aliphatic carbocycles. The number of nitrogens with one attached hydrogen (secondary N) is 1. The average molecular weight is 310 g/mol. The molecule has 6 nitrogen and oxygen atoms in total. The van der Waals surface area contributed by atoms with Gasteiger partial charge < -0.3 is 20.1 Å². The van der Waals surface area contributed by atoms with E-state index >= 15 is 0 Å². The van der Waals surface area contributed by atoms with Gasteiger partial charge in [0.25, 0.3) is 0 Å². The van der Waals surface area contributed by atoms with Crippen molar-refractivity contribution in [2.24, 2.45) is 11.8 Å². The topological polar surface area (TPSA) is 78.9 Å². The van der Waals surface area contributed by atoms with E-state index in [2.05, 4.69) is 5.32 Å². The normalized spacial score (nSPS) is 36.0. The predicted octanol–water partition coefficient (Wildman–Crippen LogP) is 1.84. The van der Waals surface area contributed by atoms with E-state index in [9.17, 15) is 9.59 Å². The van der Waals surface area contributed by atoms with Crippen LogP contribution in [0.5, 0.6) is 0 Å². The molecule has 2 N–H and O–H groups in total. The molecule has 22 heavy (non-hydrogen) atoms. The Hall–Kier alpha value is -1.30. The number of ether oxygens (including phenoxy) is 1. The van der Waals surface area contributed by atoms with Gasteiger partial charge in [-0.15, -0.1) is 0 Å². The van der Waals surface area contributed by atoms with E-state index in [1.807, 2.05) is 11.8 Å². The number of carboxylic acid groups (broad SMARTS) is 1. The van der Waals surface area contributed by atoms with Crippen molar-refractivity contribution in [2.75, 3.05) is 13.1 Å². The van der Waals surface area contributed by atoms with Crippen LogP contribution in [0, 0.1) is 11.8 Å². The molecule has 6 heteroatoms. The molecular formula is C16H26N2O4. The third-order valence-electron chi connectivity index (χ3n) is 5.12. The first-order valence-electron chi connectivity index (χ1n) is 8.46. The third-order valence-corrected chi connectivity index (χ3v) is 5.12. The van der Waals surface area contributed by atoms with Crippen molar-refractivity contribution in [3.8, 4) is 0 Å². The van der Waals surface area contributed by atoms with Crippen LogP contribution in [0.2, 0.25) is 0 Å². The Morgan fingerprint density at radius 2 is 1.77 bits per heavy atom. The standard InChI is InChI=1S/C16H26N2O4/c1-10-8-18(9-14(22-10)11-2-3-11)16(21)17-13-6-4-12(5-7-13)15(19)20/h10-14H,2-9H2,1H3,(H,17,21)(H,19,20).